The summed E-state index contributed by atoms with van der Waals surface area (Å²) in [5.74, 6) is 5.87. The molecule has 1 saturated carbocycles. The Kier molecular flexibility index (Phi) is 5.47. The average molecular weight is 355 g/mol. The van der Waals surface area contributed by atoms with Crippen LogP contribution in [0.5, 0.6) is 0 Å². The molecule has 21 heavy (non-hydrogen) atoms. The second kappa shape index (κ2) is 6.78. The first kappa shape index (κ1) is 16.9. The van der Waals surface area contributed by atoms with E-state index < -0.39 is 0 Å². The molecule has 0 bridgehead atoms. The highest BCUT2D eigenvalue weighted by Crippen LogP contribution is 2.43. The van der Waals surface area contributed by atoms with E-state index in [0.29, 0.717) is 5.41 Å². The molecule has 0 heterocycles. The number of ether oxygens (including phenoxy) is 1. The summed E-state index contributed by atoms with van der Waals surface area (Å²) >= 11 is 3.48. The molecule has 1 unspecified atom stereocenters. The Balaban J connectivity index is 2.12. The van der Waals surface area contributed by atoms with Crippen LogP contribution in [0.1, 0.15) is 45.1 Å². The van der Waals surface area contributed by atoms with E-state index in [2.05, 4.69) is 59.5 Å². The summed E-state index contributed by atoms with van der Waals surface area (Å²) in [5, 5.41) is 0. The molecule has 0 radical (unpaired) electrons. The van der Waals surface area contributed by atoms with E-state index in [1.54, 1.807) is 0 Å². The molecule has 0 aromatic heterocycles. The van der Waals surface area contributed by atoms with Crippen LogP contribution in [0.25, 0.3) is 0 Å². The average Bonchev–Trinajstić information content (AvgIpc) is 2.48. The van der Waals surface area contributed by atoms with Crippen molar-refractivity contribution in [1.29, 1.82) is 0 Å². The number of hydrogen-bond acceptors (Lipinski definition) is 3. The van der Waals surface area contributed by atoms with E-state index in [9.17, 15) is 0 Å². The van der Waals surface area contributed by atoms with Crippen molar-refractivity contribution < 1.29 is 4.74 Å². The van der Waals surface area contributed by atoms with Crippen molar-refractivity contribution in [2.75, 3.05) is 7.11 Å². The summed E-state index contributed by atoms with van der Waals surface area (Å²) in [6.07, 6.45) is 5.36. The molecular weight excluding hydrogens is 328 g/mol. The molecule has 3 N–H and O–H groups in total. The van der Waals surface area contributed by atoms with Gasteiger partial charge in [0.1, 0.15) is 0 Å². The van der Waals surface area contributed by atoms with Crippen molar-refractivity contribution in [3.05, 3.63) is 34.3 Å². The molecule has 0 amide bonds. The van der Waals surface area contributed by atoms with Crippen LogP contribution in [0.3, 0.4) is 0 Å². The van der Waals surface area contributed by atoms with Gasteiger partial charge in [-0.15, -0.1) is 0 Å². The number of hydrazine groups is 1. The summed E-state index contributed by atoms with van der Waals surface area (Å²) < 4.78 is 7.07. The van der Waals surface area contributed by atoms with Gasteiger partial charge in [-0.2, -0.15) is 0 Å². The first-order valence-corrected chi connectivity index (χ1v) is 8.46. The molecule has 118 valence electrons. The van der Waals surface area contributed by atoms with Gasteiger partial charge in [0.2, 0.25) is 0 Å². The third-order valence-corrected chi connectivity index (χ3v) is 5.57. The highest BCUT2D eigenvalue weighted by Gasteiger charge is 2.43. The number of methoxy groups -OCH3 is 1. The zero-order valence-corrected chi connectivity index (χ0v) is 14.9. The van der Waals surface area contributed by atoms with Crippen LogP contribution in [0.15, 0.2) is 28.7 Å². The number of rotatable bonds is 5. The van der Waals surface area contributed by atoms with E-state index in [-0.39, 0.29) is 11.6 Å². The van der Waals surface area contributed by atoms with Gasteiger partial charge in [0.15, 0.2) is 0 Å². The molecule has 1 fully saturated rings. The van der Waals surface area contributed by atoms with E-state index in [4.69, 9.17) is 10.6 Å². The van der Waals surface area contributed by atoms with E-state index in [1.165, 1.54) is 18.4 Å². The predicted molar refractivity (Wildman–Crippen MR) is 90.9 cm³/mol. The summed E-state index contributed by atoms with van der Waals surface area (Å²) in [6.45, 7) is 4.68. The third kappa shape index (κ3) is 4.07. The van der Waals surface area contributed by atoms with Gasteiger partial charge < -0.3 is 4.74 Å². The highest BCUT2D eigenvalue weighted by atomic mass is 79.9. The number of nitrogens with one attached hydrogen (secondary N) is 1. The molecule has 1 aromatic rings. The maximum Gasteiger partial charge on any atom is 0.0848 e. The monoisotopic (exact) mass is 354 g/mol. The van der Waals surface area contributed by atoms with Crippen LogP contribution in [0.4, 0.5) is 0 Å². The summed E-state index contributed by atoms with van der Waals surface area (Å²) in [4.78, 5) is 0. The Labute approximate surface area is 136 Å². The number of nitrogens with two attached hydrogens (primary N) is 1. The number of benzene rings is 1. The molecule has 1 aromatic carbocycles. The molecule has 1 aliphatic rings. The van der Waals surface area contributed by atoms with Crippen molar-refractivity contribution in [1.82, 2.24) is 5.43 Å². The first-order valence-electron chi connectivity index (χ1n) is 7.66. The second-order valence-corrected chi connectivity index (χ2v) is 7.90. The van der Waals surface area contributed by atoms with Gasteiger partial charge >= 0.3 is 0 Å². The second-order valence-electron chi connectivity index (χ2n) is 6.98. The van der Waals surface area contributed by atoms with Crippen LogP contribution in [0, 0.1) is 5.41 Å². The first-order chi connectivity index (χ1) is 9.91. The lowest BCUT2D eigenvalue weighted by atomic mass is 9.67. The minimum absolute atomic E-state index is 0.139. The maximum atomic E-state index is 5.97. The molecule has 2 rings (SSSR count). The predicted octanol–water partition coefficient (Wildman–Crippen LogP) is 3.81. The van der Waals surface area contributed by atoms with Gasteiger partial charge in [-0.05, 0) is 55.2 Å². The van der Waals surface area contributed by atoms with Crippen molar-refractivity contribution in [3.63, 3.8) is 0 Å². The summed E-state index contributed by atoms with van der Waals surface area (Å²) in [5.41, 5.74) is 4.56. The van der Waals surface area contributed by atoms with E-state index in [1.807, 2.05) is 7.11 Å². The molecular formula is C17H27BrN2O. The fourth-order valence-electron chi connectivity index (χ4n) is 3.30. The third-order valence-electron chi connectivity index (χ3n) is 5.05. The van der Waals surface area contributed by atoms with Crippen molar-refractivity contribution in [2.24, 2.45) is 11.3 Å². The van der Waals surface area contributed by atoms with Gasteiger partial charge in [0.25, 0.3) is 0 Å². The summed E-state index contributed by atoms with van der Waals surface area (Å²) in [7, 11) is 1.82. The molecule has 1 atom stereocenters. The van der Waals surface area contributed by atoms with Crippen molar-refractivity contribution in [3.8, 4) is 0 Å². The SMILES string of the molecule is COC1(C(Cc2ccc(Br)cc2)NN)CCC(C)(C)CC1. The molecule has 0 saturated heterocycles. The standard InChI is InChI=1S/C17H27BrN2O/c1-16(2)8-10-17(21-3,11-9-16)15(20-19)12-13-4-6-14(18)7-5-13/h4-7,15,20H,8-12,19H2,1-3H3. The van der Waals surface area contributed by atoms with Crippen LogP contribution in [0.2, 0.25) is 0 Å². The Morgan fingerprint density at radius 1 is 1.19 bits per heavy atom. The zero-order chi connectivity index (χ0) is 15.5. The lowest BCUT2D eigenvalue weighted by molar-refractivity contribution is -0.0862. The van der Waals surface area contributed by atoms with E-state index >= 15 is 0 Å². The van der Waals surface area contributed by atoms with Gasteiger partial charge in [0.05, 0.1) is 11.6 Å². The zero-order valence-electron chi connectivity index (χ0n) is 13.3. The van der Waals surface area contributed by atoms with E-state index in [0.717, 1.165) is 23.7 Å². The molecule has 4 heteroatoms. The van der Waals surface area contributed by atoms with Crippen LogP contribution in [-0.4, -0.2) is 18.8 Å². The number of halogens is 1. The topological polar surface area (TPSA) is 47.3 Å². The quantitative estimate of drug-likeness (QED) is 0.624. The molecule has 1 aliphatic carbocycles. The van der Waals surface area contributed by atoms with Gasteiger partial charge in [-0.3, -0.25) is 11.3 Å². The Morgan fingerprint density at radius 3 is 2.24 bits per heavy atom. The van der Waals surface area contributed by atoms with Gasteiger partial charge in [-0.1, -0.05) is 41.9 Å². The smallest absolute Gasteiger partial charge is 0.0848 e. The van der Waals surface area contributed by atoms with Crippen molar-refractivity contribution in [2.45, 2.75) is 57.6 Å². The molecule has 3 nitrogen and oxygen atoms in total. The minimum Gasteiger partial charge on any atom is -0.377 e. The van der Waals surface area contributed by atoms with Crippen LogP contribution < -0.4 is 11.3 Å². The highest BCUT2D eigenvalue weighted by molar-refractivity contribution is 9.10. The lowest BCUT2D eigenvalue weighted by Crippen LogP contribution is -2.57. The maximum absolute atomic E-state index is 5.97. The molecule has 0 spiro atoms. The lowest BCUT2D eigenvalue weighted by Gasteiger charge is -2.47. The van der Waals surface area contributed by atoms with Crippen molar-refractivity contribution >= 4 is 15.9 Å². The Hall–Kier alpha value is -0.420. The van der Waals surface area contributed by atoms with Gasteiger partial charge in [-0.25, -0.2) is 0 Å². The summed E-state index contributed by atoms with van der Waals surface area (Å²) in [6, 6.07) is 8.58. The molecule has 0 aliphatic heterocycles. The van der Waals surface area contributed by atoms with Crippen LogP contribution in [-0.2, 0) is 11.2 Å². The Morgan fingerprint density at radius 2 is 1.76 bits per heavy atom. The Bertz CT molecular complexity index is 448. The minimum atomic E-state index is -0.155. The fourth-order valence-corrected chi connectivity index (χ4v) is 3.56. The number of hydrogen-bond donors (Lipinski definition) is 2. The van der Waals surface area contributed by atoms with Gasteiger partial charge in [0, 0.05) is 11.6 Å². The normalized spacial score (nSPS) is 22.0. The fraction of sp³-hybridized carbons (Fsp3) is 0.647. The largest absolute Gasteiger partial charge is 0.377 e. The van der Waals surface area contributed by atoms with Crippen LogP contribution >= 0.6 is 15.9 Å².